The van der Waals surface area contributed by atoms with Crippen LogP contribution in [0.4, 0.5) is 11.4 Å². The lowest BCUT2D eigenvalue weighted by Crippen LogP contribution is -2.21. The van der Waals surface area contributed by atoms with Crippen molar-refractivity contribution in [1.82, 2.24) is 0 Å². The monoisotopic (exact) mass is 827 g/mol. The molecule has 10 aromatic rings. The summed E-state index contributed by atoms with van der Waals surface area (Å²) in [6.07, 6.45) is 13.9. The van der Waals surface area contributed by atoms with Gasteiger partial charge in [-0.15, -0.1) is 11.3 Å². The second-order valence-corrected chi connectivity index (χ2v) is 18.9. The van der Waals surface area contributed by atoms with Crippen LogP contribution in [0, 0.1) is 5.92 Å². The molecular formula is C61H49NS. The highest BCUT2D eigenvalue weighted by molar-refractivity contribution is 7.26. The van der Waals surface area contributed by atoms with Crippen LogP contribution in [0.2, 0.25) is 0 Å². The van der Waals surface area contributed by atoms with E-state index in [0.29, 0.717) is 11.8 Å². The Morgan fingerprint density at radius 2 is 1.06 bits per heavy atom. The van der Waals surface area contributed by atoms with E-state index in [9.17, 15) is 0 Å². The van der Waals surface area contributed by atoms with E-state index in [0.717, 1.165) is 0 Å². The molecule has 12 rings (SSSR count). The van der Waals surface area contributed by atoms with E-state index in [2.05, 4.69) is 212 Å². The standard InChI is InChI=1S/C61H49NS/c1-40-35-37-44(39-56(40)48-28-15-27-47-45-22-6-5-19-42(45)36-38-49(47)48)62(58-33-11-8-24-51(58)54-30-16-31-55-52-25-9-12-34-59(52)63-61(54)55)57-32-10-7-23-50(57)53-29-14-21-43-20-13-26-46(60(43)53)41-17-3-2-4-18-41/h5-16,19-41,56H,2-4,17-18H2,1H3. The van der Waals surface area contributed by atoms with E-state index < -0.39 is 0 Å². The van der Waals surface area contributed by atoms with Gasteiger partial charge in [0.1, 0.15) is 0 Å². The molecule has 0 radical (unpaired) electrons. The van der Waals surface area contributed by atoms with Gasteiger partial charge in [-0.25, -0.2) is 0 Å². The molecule has 1 aromatic heterocycles. The van der Waals surface area contributed by atoms with Crippen molar-refractivity contribution in [3.05, 3.63) is 217 Å². The first-order valence-corrected chi connectivity index (χ1v) is 23.7. The van der Waals surface area contributed by atoms with E-state index in [-0.39, 0.29) is 5.92 Å². The molecule has 1 fully saturated rings. The Kier molecular flexibility index (Phi) is 9.56. The van der Waals surface area contributed by atoms with Crippen LogP contribution in [-0.4, -0.2) is 0 Å². The smallest absolute Gasteiger partial charge is 0.0540 e. The Balaban J connectivity index is 1.11. The summed E-state index contributed by atoms with van der Waals surface area (Å²) in [6.45, 7) is 2.38. The SMILES string of the molecule is CC1C=CC(N(c2ccccc2-c2cccc3c2sc2ccccc23)c2ccccc2-c2cccc3cccc(C4CCCCC4)c23)=CC1c1cccc2c1ccc1ccccc12. The second-order valence-electron chi connectivity index (χ2n) is 17.8. The van der Waals surface area contributed by atoms with Crippen molar-refractivity contribution < 1.29 is 0 Å². The number of para-hydroxylation sites is 2. The Bertz CT molecular complexity index is 3430. The molecular weight excluding hydrogens is 779 g/mol. The maximum absolute atomic E-state index is 2.59. The third-order valence-electron chi connectivity index (χ3n) is 14.2. The number of thiophene rings is 1. The van der Waals surface area contributed by atoms with Crippen molar-refractivity contribution in [1.29, 1.82) is 0 Å². The van der Waals surface area contributed by atoms with Gasteiger partial charge in [-0.2, -0.15) is 0 Å². The average Bonchev–Trinajstić information content (AvgIpc) is 3.74. The molecule has 304 valence electrons. The molecule has 1 heterocycles. The summed E-state index contributed by atoms with van der Waals surface area (Å²) in [6, 6.07) is 68.4. The second kappa shape index (κ2) is 15.9. The number of allylic oxidation sites excluding steroid dienone is 3. The van der Waals surface area contributed by atoms with Gasteiger partial charge in [-0.05, 0) is 98.0 Å². The molecule has 2 atom stereocenters. The molecule has 1 nitrogen and oxygen atoms in total. The summed E-state index contributed by atoms with van der Waals surface area (Å²) in [4.78, 5) is 2.59. The molecule has 0 amide bonds. The minimum atomic E-state index is 0.165. The van der Waals surface area contributed by atoms with Gasteiger partial charge in [0.05, 0.1) is 11.4 Å². The largest absolute Gasteiger partial charge is 0.310 e. The molecule has 2 aliphatic carbocycles. The number of hydrogen-bond donors (Lipinski definition) is 0. The molecule has 0 spiro atoms. The minimum absolute atomic E-state index is 0.165. The first kappa shape index (κ1) is 38.0. The van der Waals surface area contributed by atoms with Gasteiger partial charge in [-0.1, -0.05) is 202 Å². The summed E-state index contributed by atoms with van der Waals surface area (Å²) in [5.41, 5.74) is 11.5. The van der Waals surface area contributed by atoms with Crippen molar-refractivity contribution in [2.45, 2.75) is 50.9 Å². The van der Waals surface area contributed by atoms with Gasteiger partial charge >= 0.3 is 0 Å². The third kappa shape index (κ3) is 6.50. The molecule has 2 heteroatoms. The summed E-state index contributed by atoms with van der Waals surface area (Å²) in [5, 5.41) is 10.6. The maximum Gasteiger partial charge on any atom is 0.0540 e. The molecule has 63 heavy (non-hydrogen) atoms. The van der Waals surface area contributed by atoms with Gasteiger partial charge in [0.2, 0.25) is 0 Å². The number of fused-ring (bicyclic) bond motifs is 7. The Hall–Kier alpha value is -6.74. The molecule has 2 unspecified atom stereocenters. The highest BCUT2D eigenvalue weighted by atomic mass is 32.1. The van der Waals surface area contributed by atoms with Crippen LogP contribution in [0.1, 0.15) is 62.0 Å². The van der Waals surface area contributed by atoms with Crippen molar-refractivity contribution in [2.24, 2.45) is 5.92 Å². The topological polar surface area (TPSA) is 3.24 Å². The van der Waals surface area contributed by atoms with Crippen molar-refractivity contribution >= 4 is 75.2 Å². The zero-order valence-corrected chi connectivity index (χ0v) is 36.5. The van der Waals surface area contributed by atoms with Crippen LogP contribution in [0.15, 0.2) is 206 Å². The van der Waals surface area contributed by atoms with Gasteiger partial charge in [0.25, 0.3) is 0 Å². The maximum atomic E-state index is 2.59. The zero-order valence-electron chi connectivity index (χ0n) is 35.7. The lowest BCUT2D eigenvalue weighted by Gasteiger charge is -2.34. The fourth-order valence-corrected chi connectivity index (χ4v) is 12.4. The molecule has 0 N–H and O–H groups in total. The van der Waals surface area contributed by atoms with Gasteiger partial charge < -0.3 is 4.90 Å². The molecule has 0 bridgehead atoms. The number of hydrogen-bond acceptors (Lipinski definition) is 2. The van der Waals surface area contributed by atoms with E-state index in [1.54, 1.807) is 0 Å². The van der Waals surface area contributed by atoms with E-state index in [1.165, 1.54) is 135 Å². The number of rotatable bonds is 7. The molecule has 2 aliphatic rings. The fourth-order valence-electron chi connectivity index (χ4n) is 11.1. The van der Waals surface area contributed by atoms with Crippen molar-refractivity contribution in [3.8, 4) is 22.3 Å². The average molecular weight is 828 g/mol. The minimum Gasteiger partial charge on any atom is -0.310 e. The van der Waals surface area contributed by atoms with Crippen LogP contribution in [0.3, 0.4) is 0 Å². The van der Waals surface area contributed by atoms with Gasteiger partial charge in [0.15, 0.2) is 0 Å². The zero-order chi connectivity index (χ0) is 41.9. The highest BCUT2D eigenvalue weighted by Gasteiger charge is 2.29. The van der Waals surface area contributed by atoms with Gasteiger partial charge in [0, 0.05) is 48.5 Å². The first-order chi connectivity index (χ1) is 31.2. The van der Waals surface area contributed by atoms with E-state index in [1.807, 2.05) is 11.3 Å². The fraction of sp³-hybridized carbons (Fsp3) is 0.148. The summed E-state index contributed by atoms with van der Waals surface area (Å²) < 4.78 is 2.65. The Morgan fingerprint density at radius 1 is 0.460 bits per heavy atom. The van der Waals surface area contributed by atoms with Crippen LogP contribution >= 0.6 is 11.3 Å². The van der Waals surface area contributed by atoms with Crippen molar-refractivity contribution in [2.75, 3.05) is 4.90 Å². The molecule has 9 aromatic carbocycles. The van der Waals surface area contributed by atoms with Crippen LogP contribution < -0.4 is 4.90 Å². The van der Waals surface area contributed by atoms with Crippen LogP contribution in [-0.2, 0) is 0 Å². The van der Waals surface area contributed by atoms with E-state index in [4.69, 9.17) is 0 Å². The predicted molar refractivity (Wildman–Crippen MR) is 273 cm³/mol. The van der Waals surface area contributed by atoms with Crippen LogP contribution in [0.25, 0.3) is 74.7 Å². The molecule has 0 saturated heterocycles. The lowest BCUT2D eigenvalue weighted by atomic mass is 9.80. The highest BCUT2D eigenvalue weighted by Crippen LogP contribution is 2.50. The number of benzene rings is 9. The lowest BCUT2D eigenvalue weighted by molar-refractivity contribution is 0.445. The van der Waals surface area contributed by atoms with Crippen molar-refractivity contribution in [3.63, 3.8) is 0 Å². The number of anilines is 2. The number of nitrogens with zero attached hydrogens (tertiary/aromatic N) is 1. The van der Waals surface area contributed by atoms with E-state index >= 15 is 0 Å². The predicted octanol–water partition coefficient (Wildman–Crippen LogP) is 17.9. The summed E-state index contributed by atoms with van der Waals surface area (Å²) in [7, 11) is 0. The first-order valence-electron chi connectivity index (χ1n) is 22.9. The molecule has 1 saturated carbocycles. The van der Waals surface area contributed by atoms with Gasteiger partial charge in [-0.3, -0.25) is 0 Å². The Labute approximate surface area is 374 Å². The molecule has 0 aliphatic heterocycles. The summed E-state index contributed by atoms with van der Waals surface area (Å²) >= 11 is 1.90. The third-order valence-corrected chi connectivity index (χ3v) is 15.4. The Morgan fingerprint density at radius 3 is 1.90 bits per heavy atom. The summed E-state index contributed by atoms with van der Waals surface area (Å²) in [5.74, 6) is 1.05. The van der Waals surface area contributed by atoms with Crippen LogP contribution in [0.5, 0.6) is 0 Å². The quantitative estimate of drug-likeness (QED) is 0.145. The normalized spacial score (nSPS) is 16.9.